The predicted molar refractivity (Wildman–Crippen MR) is 107 cm³/mol. The lowest BCUT2D eigenvalue weighted by molar-refractivity contribution is -0.115. The van der Waals surface area contributed by atoms with Gasteiger partial charge in [0.15, 0.2) is 17.3 Å². The Balaban J connectivity index is 1.44. The number of nitrogens with zero attached hydrogens (tertiary/aromatic N) is 3. The van der Waals surface area contributed by atoms with Crippen LogP contribution in [0.1, 0.15) is 6.92 Å². The molecule has 2 heterocycles. The van der Waals surface area contributed by atoms with E-state index in [1.165, 1.54) is 16.8 Å². The van der Waals surface area contributed by atoms with Crippen molar-refractivity contribution in [3.63, 3.8) is 0 Å². The zero-order valence-electron chi connectivity index (χ0n) is 15.5. The summed E-state index contributed by atoms with van der Waals surface area (Å²) in [5, 5.41) is 10.7. The summed E-state index contributed by atoms with van der Waals surface area (Å²) < 4.78 is 25.7. The van der Waals surface area contributed by atoms with Crippen molar-refractivity contribution in [1.29, 1.82) is 0 Å². The van der Waals surface area contributed by atoms with Crippen molar-refractivity contribution in [2.24, 2.45) is 0 Å². The summed E-state index contributed by atoms with van der Waals surface area (Å²) in [6.45, 7) is 2.70. The Morgan fingerprint density at radius 1 is 1.21 bits per heavy atom. The standard InChI is InChI=1S/C19H18FN5O3S/c1-11(18(26)22-14-5-6-15-16(10-14)28-8-7-27-15)29-19-24-23-17(25(19)21)12-3-2-4-13(20)9-12/h2-6,9-11H,7-8,21H2,1H3,(H,22,26)/t11-/m0/s1. The second-order valence-electron chi connectivity index (χ2n) is 6.29. The Labute approximate surface area is 170 Å². The number of carbonyl (C=O) groups is 1. The van der Waals surface area contributed by atoms with Crippen LogP contribution in [0.5, 0.6) is 11.5 Å². The van der Waals surface area contributed by atoms with E-state index in [1.807, 2.05) is 0 Å². The van der Waals surface area contributed by atoms with Crippen molar-refractivity contribution in [2.75, 3.05) is 24.4 Å². The summed E-state index contributed by atoms with van der Waals surface area (Å²) >= 11 is 1.15. The molecule has 0 radical (unpaired) electrons. The Kier molecular flexibility index (Phi) is 5.26. The van der Waals surface area contributed by atoms with Gasteiger partial charge in [0.1, 0.15) is 19.0 Å². The number of ether oxygens (including phenoxy) is 2. The van der Waals surface area contributed by atoms with Crippen molar-refractivity contribution >= 4 is 23.4 Å². The quantitative estimate of drug-likeness (QED) is 0.488. The first-order chi connectivity index (χ1) is 14.0. The molecule has 4 rings (SSSR count). The van der Waals surface area contributed by atoms with Gasteiger partial charge in [-0.15, -0.1) is 10.2 Å². The highest BCUT2D eigenvalue weighted by Gasteiger charge is 2.21. The Hall–Kier alpha value is -3.27. The van der Waals surface area contributed by atoms with E-state index in [1.54, 1.807) is 37.3 Å². The van der Waals surface area contributed by atoms with Crippen LogP contribution in [0.2, 0.25) is 0 Å². The SMILES string of the molecule is C[C@H](Sc1nnc(-c2cccc(F)c2)n1N)C(=O)Nc1ccc2c(c1)OCCO2. The average molecular weight is 415 g/mol. The maximum absolute atomic E-state index is 13.4. The first-order valence-electron chi connectivity index (χ1n) is 8.85. The number of halogens is 1. The van der Waals surface area contributed by atoms with E-state index in [-0.39, 0.29) is 5.91 Å². The van der Waals surface area contributed by atoms with Gasteiger partial charge in [0.25, 0.3) is 0 Å². The highest BCUT2D eigenvalue weighted by molar-refractivity contribution is 8.00. The van der Waals surface area contributed by atoms with Crippen molar-refractivity contribution in [3.05, 3.63) is 48.3 Å². The normalized spacial score (nSPS) is 13.7. The average Bonchev–Trinajstić information content (AvgIpc) is 3.08. The summed E-state index contributed by atoms with van der Waals surface area (Å²) in [5.41, 5.74) is 1.10. The fourth-order valence-electron chi connectivity index (χ4n) is 2.76. The number of nitrogen functional groups attached to an aromatic ring is 1. The van der Waals surface area contributed by atoms with E-state index in [0.29, 0.717) is 46.9 Å². The topological polar surface area (TPSA) is 104 Å². The lowest BCUT2D eigenvalue weighted by atomic mass is 10.2. The number of fused-ring (bicyclic) bond motifs is 1. The van der Waals surface area contributed by atoms with Crippen molar-refractivity contribution < 1.29 is 18.7 Å². The molecule has 3 N–H and O–H groups in total. The van der Waals surface area contributed by atoms with Crippen molar-refractivity contribution in [2.45, 2.75) is 17.3 Å². The third-order valence-corrected chi connectivity index (χ3v) is 5.27. The maximum Gasteiger partial charge on any atom is 0.237 e. The minimum Gasteiger partial charge on any atom is -0.486 e. The fourth-order valence-corrected chi connectivity index (χ4v) is 3.53. The van der Waals surface area contributed by atoms with Gasteiger partial charge < -0.3 is 20.6 Å². The summed E-state index contributed by atoms with van der Waals surface area (Å²) in [6.07, 6.45) is 0. The van der Waals surface area contributed by atoms with E-state index >= 15 is 0 Å². The van der Waals surface area contributed by atoms with Gasteiger partial charge in [-0.3, -0.25) is 4.79 Å². The number of rotatable bonds is 5. The van der Waals surface area contributed by atoms with Crippen LogP contribution in [0.25, 0.3) is 11.4 Å². The number of amides is 1. The number of thioether (sulfide) groups is 1. The van der Waals surface area contributed by atoms with Crippen LogP contribution in [-0.2, 0) is 4.79 Å². The van der Waals surface area contributed by atoms with Gasteiger partial charge in [-0.05, 0) is 31.2 Å². The maximum atomic E-state index is 13.4. The molecular weight excluding hydrogens is 397 g/mol. The predicted octanol–water partition coefficient (Wildman–Crippen LogP) is 2.69. The van der Waals surface area contributed by atoms with E-state index < -0.39 is 11.1 Å². The lowest BCUT2D eigenvalue weighted by Crippen LogP contribution is -2.24. The largest absolute Gasteiger partial charge is 0.486 e. The number of nitrogens with one attached hydrogen (secondary N) is 1. The van der Waals surface area contributed by atoms with Crippen LogP contribution < -0.4 is 20.6 Å². The van der Waals surface area contributed by atoms with E-state index in [4.69, 9.17) is 15.3 Å². The van der Waals surface area contributed by atoms with Gasteiger partial charge >= 0.3 is 0 Å². The molecule has 3 aromatic rings. The van der Waals surface area contributed by atoms with Gasteiger partial charge in [-0.1, -0.05) is 23.9 Å². The molecule has 1 amide bonds. The minimum absolute atomic E-state index is 0.234. The molecule has 0 saturated carbocycles. The molecule has 0 fully saturated rings. The fraction of sp³-hybridized carbons (Fsp3) is 0.211. The van der Waals surface area contributed by atoms with Gasteiger partial charge in [0, 0.05) is 17.3 Å². The third-order valence-electron chi connectivity index (χ3n) is 4.21. The summed E-state index contributed by atoms with van der Waals surface area (Å²) in [6, 6.07) is 11.1. The number of anilines is 1. The van der Waals surface area contributed by atoms with Crippen LogP contribution >= 0.6 is 11.8 Å². The van der Waals surface area contributed by atoms with Gasteiger partial charge in [0.2, 0.25) is 11.1 Å². The van der Waals surface area contributed by atoms with Gasteiger partial charge in [0.05, 0.1) is 5.25 Å². The zero-order chi connectivity index (χ0) is 20.4. The lowest BCUT2D eigenvalue weighted by Gasteiger charge is -2.19. The number of carbonyl (C=O) groups excluding carboxylic acids is 1. The number of hydrogen-bond donors (Lipinski definition) is 2. The second kappa shape index (κ2) is 8.00. The molecule has 10 heteroatoms. The third kappa shape index (κ3) is 4.11. The zero-order valence-corrected chi connectivity index (χ0v) is 16.3. The first-order valence-corrected chi connectivity index (χ1v) is 9.73. The molecule has 0 unspecified atom stereocenters. The Bertz CT molecular complexity index is 1060. The van der Waals surface area contributed by atoms with E-state index in [9.17, 15) is 9.18 Å². The second-order valence-corrected chi connectivity index (χ2v) is 7.60. The number of nitrogens with two attached hydrogens (primary N) is 1. The van der Waals surface area contributed by atoms with Crippen LogP contribution in [0.3, 0.4) is 0 Å². The van der Waals surface area contributed by atoms with Gasteiger partial charge in [-0.25, -0.2) is 9.07 Å². The van der Waals surface area contributed by atoms with E-state index in [2.05, 4.69) is 15.5 Å². The molecule has 150 valence electrons. The Morgan fingerprint density at radius 3 is 2.79 bits per heavy atom. The van der Waals surface area contributed by atoms with Crippen LogP contribution in [0.15, 0.2) is 47.6 Å². The molecule has 2 aromatic carbocycles. The molecule has 0 saturated heterocycles. The molecule has 0 spiro atoms. The van der Waals surface area contributed by atoms with Crippen molar-refractivity contribution in [3.8, 4) is 22.9 Å². The molecule has 0 bridgehead atoms. The number of aromatic nitrogens is 3. The summed E-state index contributed by atoms with van der Waals surface area (Å²) in [5.74, 6) is 6.97. The van der Waals surface area contributed by atoms with Gasteiger partial charge in [-0.2, -0.15) is 0 Å². The van der Waals surface area contributed by atoms with Crippen molar-refractivity contribution in [1.82, 2.24) is 14.9 Å². The van der Waals surface area contributed by atoms with Crippen LogP contribution in [0.4, 0.5) is 10.1 Å². The number of hydrogen-bond acceptors (Lipinski definition) is 7. The molecule has 1 aromatic heterocycles. The number of benzene rings is 2. The minimum atomic E-state index is -0.505. The highest BCUT2D eigenvalue weighted by atomic mass is 32.2. The van der Waals surface area contributed by atoms with E-state index in [0.717, 1.165) is 11.8 Å². The summed E-state index contributed by atoms with van der Waals surface area (Å²) in [4.78, 5) is 12.6. The monoisotopic (exact) mass is 415 g/mol. The molecule has 0 aliphatic carbocycles. The first kappa shape index (κ1) is 19.1. The molecule has 1 aliphatic rings. The molecule has 1 atom stereocenters. The highest BCUT2D eigenvalue weighted by Crippen LogP contribution is 2.33. The van der Waals surface area contributed by atoms with Crippen LogP contribution in [-0.4, -0.2) is 39.2 Å². The molecule has 29 heavy (non-hydrogen) atoms. The van der Waals surface area contributed by atoms with Crippen LogP contribution in [0, 0.1) is 5.82 Å². The molecule has 8 nitrogen and oxygen atoms in total. The smallest absolute Gasteiger partial charge is 0.237 e. The molecular formula is C19H18FN5O3S. The Morgan fingerprint density at radius 2 is 2.00 bits per heavy atom. The summed E-state index contributed by atoms with van der Waals surface area (Å²) in [7, 11) is 0. The molecule has 1 aliphatic heterocycles.